The van der Waals surface area contributed by atoms with Crippen LogP contribution < -0.4 is 0 Å². The highest BCUT2D eigenvalue weighted by molar-refractivity contribution is 5.27. The standard InChI is InChI=1S/C14H18FNO/c1-9-5-11(8-12(15)6-9)14-7-10(2)17-16(14)13-3-4-13/h5-6,8,10,13-14H,3-4,7H2,1-2H3. The molecule has 17 heavy (non-hydrogen) atoms. The average Bonchev–Trinajstić information content (AvgIpc) is 3.00. The minimum Gasteiger partial charge on any atom is -0.295 e. The van der Waals surface area contributed by atoms with E-state index in [2.05, 4.69) is 18.1 Å². The summed E-state index contributed by atoms with van der Waals surface area (Å²) >= 11 is 0. The Bertz CT molecular complexity index is 410. The maximum Gasteiger partial charge on any atom is 0.123 e. The van der Waals surface area contributed by atoms with Crippen molar-refractivity contribution in [3.05, 3.63) is 35.1 Å². The Morgan fingerprint density at radius 1 is 1.29 bits per heavy atom. The van der Waals surface area contributed by atoms with E-state index in [4.69, 9.17) is 4.84 Å². The summed E-state index contributed by atoms with van der Waals surface area (Å²) < 4.78 is 13.5. The summed E-state index contributed by atoms with van der Waals surface area (Å²) in [5.74, 6) is -0.143. The van der Waals surface area contributed by atoms with Crippen molar-refractivity contribution in [2.24, 2.45) is 0 Å². The van der Waals surface area contributed by atoms with E-state index >= 15 is 0 Å². The zero-order valence-electron chi connectivity index (χ0n) is 10.3. The van der Waals surface area contributed by atoms with Gasteiger partial charge in [0, 0.05) is 6.04 Å². The van der Waals surface area contributed by atoms with Gasteiger partial charge in [0.1, 0.15) is 5.82 Å². The van der Waals surface area contributed by atoms with Crippen molar-refractivity contribution in [3.8, 4) is 0 Å². The van der Waals surface area contributed by atoms with Crippen LogP contribution in [-0.2, 0) is 4.84 Å². The number of hydrogen-bond acceptors (Lipinski definition) is 2. The Hall–Kier alpha value is -0.930. The Morgan fingerprint density at radius 2 is 2.06 bits per heavy atom. The Morgan fingerprint density at radius 3 is 2.71 bits per heavy atom. The van der Waals surface area contributed by atoms with Crippen LogP contribution in [0.4, 0.5) is 4.39 Å². The molecule has 1 heterocycles. The molecule has 0 N–H and O–H groups in total. The number of hydrogen-bond donors (Lipinski definition) is 0. The molecule has 0 radical (unpaired) electrons. The van der Waals surface area contributed by atoms with Crippen molar-refractivity contribution in [1.82, 2.24) is 5.06 Å². The monoisotopic (exact) mass is 235 g/mol. The number of benzene rings is 1. The van der Waals surface area contributed by atoms with Gasteiger partial charge in [0.2, 0.25) is 0 Å². The zero-order valence-corrected chi connectivity index (χ0v) is 10.3. The molecule has 1 aromatic rings. The molecule has 3 heteroatoms. The van der Waals surface area contributed by atoms with Gasteiger partial charge in [0.25, 0.3) is 0 Å². The number of halogens is 1. The summed E-state index contributed by atoms with van der Waals surface area (Å²) in [6.07, 6.45) is 3.61. The highest BCUT2D eigenvalue weighted by Crippen LogP contribution is 2.42. The van der Waals surface area contributed by atoms with Crippen molar-refractivity contribution in [3.63, 3.8) is 0 Å². The van der Waals surface area contributed by atoms with E-state index < -0.39 is 0 Å². The van der Waals surface area contributed by atoms with Crippen molar-refractivity contribution in [2.75, 3.05) is 0 Å². The smallest absolute Gasteiger partial charge is 0.123 e. The minimum atomic E-state index is -0.143. The number of nitrogens with zero attached hydrogens (tertiary/aromatic N) is 1. The largest absolute Gasteiger partial charge is 0.295 e. The zero-order chi connectivity index (χ0) is 12.0. The Balaban J connectivity index is 1.90. The van der Waals surface area contributed by atoms with E-state index in [1.165, 1.54) is 12.8 Å². The van der Waals surface area contributed by atoms with Crippen LogP contribution in [0.2, 0.25) is 0 Å². The van der Waals surface area contributed by atoms with Crippen LogP contribution in [0.25, 0.3) is 0 Å². The van der Waals surface area contributed by atoms with Crippen LogP contribution >= 0.6 is 0 Å². The first-order valence-corrected chi connectivity index (χ1v) is 6.35. The third kappa shape index (κ3) is 2.22. The second-order valence-electron chi connectivity index (χ2n) is 5.32. The maximum atomic E-state index is 13.5. The molecule has 2 aliphatic rings. The lowest BCUT2D eigenvalue weighted by atomic mass is 10.00. The summed E-state index contributed by atoms with van der Waals surface area (Å²) in [5, 5.41) is 2.10. The molecule has 92 valence electrons. The molecular formula is C14H18FNO. The normalized spacial score (nSPS) is 29.8. The predicted molar refractivity (Wildman–Crippen MR) is 63.9 cm³/mol. The lowest BCUT2D eigenvalue weighted by molar-refractivity contribution is -0.166. The third-order valence-electron chi connectivity index (χ3n) is 3.52. The highest BCUT2D eigenvalue weighted by Gasteiger charge is 2.41. The van der Waals surface area contributed by atoms with Crippen LogP contribution in [-0.4, -0.2) is 17.2 Å². The fourth-order valence-electron chi connectivity index (χ4n) is 2.65. The molecule has 1 saturated carbocycles. The molecule has 0 spiro atoms. The molecule has 2 atom stereocenters. The quantitative estimate of drug-likeness (QED) is 0.779. The van der Waals surface area contributed by atoms with Gasteiger partial charge in [0.15, 0.2) is 0 Å². The molecule has 2 unspecified atom stereocenters. The number of rotatable bonds is 2. The molecule has 2 fully saturated rings. The van der Waals surface area contributed by atoms with Gasteiger partial charge >= 0.3 is 0 Å². The van der Waals surface area contributed by atoms with Crippen LogP contribution in [0.3, 0.4) is 0 Å². The van der Waals surface area contributed by atoms with Crippen molar-refractivity contribution in [1.29, 1.82) is 0 Å². The molecule has 0 aromatic heterocycles. The number of aryl methyl sites for hydroxylation is 1. The first-order valence-electron chi connectivity index (χ1n) is 6.35. The Labute approximate surface area is 101 Å². The first kappa shape index (κ1) is 11.2. The molecule has 0 bridgehead atoms. The van der Waals surface area contributed by atoms with Gasteiger partial charge in [-0.2, -0.15) is 5.06 Å². The predicted octanol–water partition coefficient (Wildman–Crippen LogP) is 3.36. The first-order chi connectivity index (χ1) is 8.13. The molecule has 1 saturated heterocycles. The van der Waals surface area contributed by atoms with E-state index in [0.29, 0.717) is 6.04 Å². The highest BCUT2D eigenvalue weighted by atomic mass is 19.1. The van der Waals surface area contributed by atoms with Gasteiger partial charge in [-0.3, -0.25) is 4.84 Å². The van der Waals surface area contributed by atoms with Gasteiger partial charge in [-0.15, -0.1) is 0 Å². The van der Waals surface area contributed by atoms with Gasteiger partial charge < -0.3 is 0 Å². The van der Waals surface area contributed by atoms with Crippen LogP contribution in [0.5, 0.6) is 0 Å². The summed E-state index contributed by atoms with van der Waals surface area (Å²) in [5.41, 5.74) is 2.04. The summed E-state index contributed by atoms with van der Waals surface area (Å²) in [6, 6.07) is 6.07. The average molecular weight is 235 g/mol. The molecule has 3 rings (SSSR count). The van der Waals surface area contributed by atoms with Gasteiger partial charge in [-0.1, -0.05) is 6.07 Å². The van der Waals surface area contributed by atoms with Crippen molar-refractivity contribution in [2.45, 2.75) is 51.3 Å². The lowest BCUT2D eigenvalue weighted by Crippen LogP contribution is -2.24. The second-order valence-corrected chi connectivity index (χ2v) is 5.32. The molecular weight excluding hydrogens is 217 g/mol. The van der Waals surface area contributed by atoms with Crippen LogP contribution in [0, 0.1) is 12.7 Å². The van der Waals surface area contributed by atoms with Crippen molar-refractivity contribution >= 4 is 0 Å². The van der Waals surface area contributed by atoms with Gasteiger partial charge in [0.05, 0.1) is 12.1 Å². The fourth-order valence-corrected chi connectivity index (χ4v) is 2.65. The molecule has 2 nitrogen and oxygen atoms in total. The summed E-state index contributed by atoms with van der Waals surface area (Å²) in [7, 11) is 0. The second kappa shape index (κ2) is 4.07. The molecule has 1 aliphatic carbocycles. The summed E-state index contributed by atoms with van der Waals surface area (Å²) in [4.78, 5) is 5.84. The minimum absolute atomic E-state index is 0.143. The van der Waals surface area contributed by atoms with E-state index in [1.807, 2.05) is 6.92 Å². The molecule has 0 amide bonds. The maximum absolute atomic E-state index is 13.5. The SMILES string of the molecule is Cc1cc(F)cc(C2CC(C)ON2C2CC2)c1. The summed E-state index contributed by atoms with van der Waals surface area (Å²) in [6.45, 7) is 4.02. The molecule has 1 aromatic carbocycles. The van der Waals surface area contributed by atoms with Gasteiger partial charge in [-0.05, 0) is 56.4 Å². The topological polar surface area (TPSA) is 12.5 Å². The lowest BCUT2D eigenvalue weighted by Gasteiger charge is -2.22. The van der Waals surface area contributed by atoms with Crippen molar-refractivity contribution < 1.29 is 9.23 Å². The molecule has 1 aliphatic heterocycles. The number of hydroxylamine groups is 2. The van der Waals surface area contributed by atoms with E-state index in [1.54, 1.807) is 12.1 Å². The van der Waals surface area contributed by atoms with E-state index in [0.717, 1.165) is 17.5 Å². The van der Waals surface area contributed by atoms with E-state index in [9.17, 15) is 4.39 Å². The Kier molecular flexibility index (Phi) is 2.68. The van der Waals surface area contributed by atoms with Crippen LogP contribution in [0.15, 0.2) is 18.2 Å². The fraction of sp³-hybridized carbons (Fsp3) is 0.571. The third-order valence-corrected chi connectivity index (χ3v) is 3.52. The van der Waals surface area contributed by atoms with Crippen LogP contribution in [0.1, 0.15) is 43.4 Å². The van der Waals surface area contributed by atoms with E-state index in [-0.39, 0.29) is 18.0 Å². The van der Waals surface area contributed by atoms with Gasteiger partial charge in [-0.25, -0.2) is 4.39 Å².